The van der Waals surface area contributed by atoms with E-state index in [1.165, 1.54) is 0 Å². The van der Waals surface area contributed by atoms with Crippen molar-refractivity contribution in [1.82, 2.24) is 5.32 Å². The van der Waals surface area contributed by atoms with Crippen LogP contribution in [0.3, 0.4) is 0 Å². The van der Waals surface area contributed by atoms with Crippen LogP contribution in [0, 0.1) is 16.7 Å². The number of ether oxygens (including phenoxy) is 1. The molecule has 1 rings (SSSR count). The maximum atomic E-state index is 12.4. The molecule has 1 amide bonds. The molecule has 0 aliphatic carbocycles. The van der Waals surface area contributed by atoms with E-state index in [2.05, 4.69) is 5.32 Å². The van der Waals surface area contributed by atoms with Gasteiger partial charge >= 0.3 is 18.0 Å². The fourth-order valence-electron chi connectivity index (χ4n) is 3.01. The van der Waals surface area contributed by atoms with Gasteiger partial charge in [0.05, 0.1) is 5.92 Å². The Morgan fingerprint density at radius 3 is 1.93 bits per heavy atom. The van der Waals surface area contributed by atoms with Crippen molar-refractivity contribution in [2.24, 2.45) is 16.7 Å². The third kappa shape index (κ3) is 5.71. The number of carboxylic acid groups (broad SMARTS) is 2. The van der Waals surface area contributed by atoms with Crippen molar-refractivity contribution in [2.45, 2.75) is 60.1 Å². The van der Waals surface area contributed by atoms with Gasteiger partial charge in [0.25, 0.3) is 0 Å². The van der Waals surface area contributed by atoms with E-state index >= 15 is 0 Å². The fourth-order valence-corrected chi connectivity index (χ4v) is 3.01. The molecule has 0 aromatic heterocycles. The van der Waals surface area contributed by atoms with Crippen molar-refractivity contribution in [1.29, 1.82) is 0 Å². The summed E-state index contributed by atoms with van der Waals surface area (Å²) in [6, 6.07) is 8.99. The second-order valence-corrected chi connectivity index (χ2v) is 9.11. The highest BCUT2D eigenvalue weighted by atomic mass is 16.5. The number of aliphatic carboxylic acids is 2. The summed E-state index contributed by atoms with van der Waals surface area (Å²) in [6.45, 7) is 10.1. The highest BCUT2D eigenvalue weighted by Crippen LogP contribution is 2.41. The Labute approximate surface area is 166 Å². The fraction of sp³-hybridized carbons (Fsp3) is 0.571. The van der Waals surface area contributed by atoms with E-state index in [1.54, 1.807) is 65.8 Å². The lowest BCUT2D eigenvalue weighted by Gasteiger charge is -2.44. The van der Waals surface area contributed by atoms with E-state index in [1.807, 2.05) is 6.07 Å². The van der Waals surface area contributed by atoms with Gasteiger partial charge < -0.3 is 20.3 Å². The first-order valence-corrected chi connectivity index (χ1v) is 9.16. The zero-order valence-electron chi connectivity index (χ0n) is 17.4. The topological polar surface area (TPSA) is 113 Å². The maximum absolute atomic E-state index is 12.4. The molecule has 1 aromatic carbocycles. The molecule has 0 bridgehead atoms. The van der Waals surface area contributed by atoms with Crippen LogP contribution in [0.1, 0.15) is 53.5 Å². The van der Waals surface area contributed by atoms with Gasteiger partial charge in [-0.25, -0.2) is 9.59 Å². The Kier molecular flexibility index (Phi) is 7.23. The van der Waals surface area contributed by atoms with E-state index in [0.29, 0.717) is 0 Å². The normalized spacial score (nSPS) is 15.2. The molecule has 3 N–H and O–H groups in total. The molecular formula is C21H31NO6. The third-order valence-electron chi connectivity index (χ3n) is 5.03. The zero-order valence-corrected chi connectivity index (χ0v) is 17.4. The minimum absolute atomic E-state index is 0.0197. The molecule has 28 heavy (non-hydrogen) atoms. The van der Waals surface area contributed by atoms with Crippen LogP contribution in [0.5, 0.6) is 0 Å². The highest BCUT2D eigenvalue weighted by molar-refractivity contribution is 5.86. The van der Waals surface area contributed by atoms with E-state index in [9.17, 15) is 24.6 Å². The number of carbonyl (C=O) groups is 3. The molecule has 7 heteroatoms. The maximum Gasteiger partial charge on any atom is 0.408 e. The van der Waals surface area contributed by atoms with Crippen LogP contribution in [-0.2, 0) is 20.9 Å². The van der Waals surface area contributed by atoms with Gasteiger partial charge in [0.2, 0.25) is 0 Å². The molecule has 0 aliphatic heterocycles. The predicted molar refractivity (Wildman–Crippen MR) is 105 cm³/mol. The first kappa shape index (κ1) is 23.5. The smallest absolute Gasteiger partial charge is 0.408 e. The van der Waals surface area contributed by atoms with Gasteiger partial charge in [0, 0.05) is 0 Å². The van der Waals surface area contributed by atoms with Gasteiger partial charge in [-0.05, 0) is 22.8 Å². The Morgan fingerprint density at radius 2 is 1.54 bits per heavy atom. The van der Waals surface area contributed by atoms with E-state index < -0.39 is 40.3 Å². The number of nitrogens with one attached hydrogen (secondary N) is 1. The molecule has 0 aliphatic rings. The van der Waals surface area contributed by atoms with E-state index in [0.717, 1.165) is 5.56 Å². The van der Waals surface area contributed by atoms with Gasteiger partial charge in [-0.3, -0.25) is 4.79 Å². The molecule has 7 nitrogen and oxygen atoms in total. The Morgan fingerprint density at radius 1 is 1.00 bits per heavy atom. The highest BCUT2D eigenvalue weighted by Gasteiger charge is 2.54. The lowest BCUT2D eigenvalue weighted by Crippen LogP contribution is -2.64. The van der Waals surface area contributed by atoms with Gasteiger partial charge in [0.15, 0.2) is 0 Å². The lowest BCUT2D eigenvalue weighted by atomic mass is 9.64. The summed E-state index contributed by atoms with van der Waals surface area (Å²) >= 11 is 0. The Balaban J connectivity index is 3.15. The monoisotopic (exact) mass is 393 g/mol. The van der Waals surface area contributed by atoms with Crippen LogP contribution in [0.25, 0.3) is 0 Å². The van der Waals surface area contributed by atoms with Crippen molar-refractivity contribution >= 4 is 18.0 Å². The standard InChI is InChI=1S/C21H31NO6/c1-19(2,3)15(16(23)24)12-21(17(25)26,20(4,5)6)22-18(27)28-13-14-10-8-7-9-11-14/h7-11,15H,12-13H2,1-6H3,(H,22,27)(H,23,24)(H,25,26)/t15?,21-/m0/s1. The summed E-state index contributed by atoms with van der Waals surface area (Å²) < 4.78 is 5.20. The van der Waals surface area contributed by atoms with Gasteiger partial charge in [-0.2, -0.15) is 0 Å². The summed E-state index contributed by atoms with van der Waals surface area (Å²) in [6.07, 6.45) is -1.18. The largest absolute Gasteiger partial charge is 0.481 e. The summed E-state index contributed by atoms with van der Waals surface area (Å²) in [7, 11) is 0. The quantitative estimate of drug-likeness (QED) is 0.647. The van der Waals surface area contributed by atoms with Gasteiger partial charge in [-0.15, -0.1) is 0 Å². The van der Waals surface area contributed by atoms with Crippen LogP contribution in [0.15, 0.2) is 30.3 Å². The first-order chi connectivity index (χ1) is 12.7. The van der Waals surface area contributed by atoms with Crippen molar-refractivity contribution in [3.05, 3.63) is 35.9 Å². The molecular weight excluding hydrogens is 362 g/mol. The second-order valence-electron chi connectivity index (χ2n) is 9.11. The number of hydrogen-bond acceptors (Lipinski definition) is 4. The molecule has 156 valence electrons. The molecule has 2 atom stereocenters. The first-order valence-electron chi connectivity index (χ1n) is 9.16. The zero-order chi connectivity index (χ0) is 21.8. The SMILES string of the molecule is CC(C)(C)C(C[C@](NC(=O)OCc1ccccc1)(C(=O)O)C(C)(C)C)C(=O)O. The summed E-state index contributed by atoms with van der Waals surface area (Å²) in [5.41, 5.74) is -2.74. The molecule has 0 spiro atoms. The third-order valence-corrected chi connectivity index (χ3v) is 5.03. The number of carboxylic acids is 2. The van der Waals surface area contributed by atoms with Crippen molar-refractivity contribution < 1.29 is 29.3 Å². The predicted octanol–water partition coefficient (Wildman–Crippen LogP) is 3.92. The minimum Gasteiger partial charge on any atom is -0.481 e. The molecule has 0 fully saturated rings. The molecule has 1 unspecified atom stereocenters. The minimum atomic E-state index is -1.82. The summed E-state index contributed by atoms with van der Waals surface area (Å²) in [5.74, 6) is -3.40. The Bertz CT molecular complexity index is 702. The van der Waals surface area contributed by atoms with Crippen molar-refractivity contribution in [2.75, 3.05) is 0 Å². The van der Waals surface area contributed by atoms with Crippen LogP contribution < -0.4 is 5.32 Å². The summed E-state index contributed by atoms with van der Waals surface area (Å²) in [4.78, 5) is 36.6. The molecule has 0 saturated carbocycles. The number of benzene rings is 1. The van der Waals surface area contributed by atoms with Crippen LogP contribution >= 0.6 is 0 Å². The molecule has 0 radical (unpaired) electrons. The van der Waals surface area contributed by atoms with Gasteiger partial charge in [0.1, 0.15) is 12.1 Å². The molecule has 0 heterocycles. The van der Waals surface area contributed by atoms with E-state index in [4.69, 9.17) is 4.74 Å². The Hall–Kier alpha value is -2.57. The number of amides is 1. The van der Waals surface area contributed by atoms with Crippen LogP contribution in [-0.4, -0.2) is 33.8 Å². The number of alkyl carbamates (subject to hydrolysis) is 1. The second kappa shape index (κ2) is 8.63. The number of hydrogen-bond donors (Lipinski definition) is 3. The number of carbonyl (C=O) groups excluding carboxylic acids is 1. The van der Waals surface area contributed by atoms with E-state index in [-0.39, 0.29) is 13.0 Å². The molecule has 0 saturated heterocycles. The summed E-state index contributed by atoms with van der Waals surface area (Å²) in [5, 5.41) is 22.2. The molecule has 1 aromatic rings. The lowest BCUT2D eigenvalue weighted by molar-refractivity contribution is -0.156. The van der Waals surface area contributed by atoms with Gasteiger partial charge in [-0.1, -0.05) is 71.9 Å². The van der Waals surface area contributed by atoms with Crippen LogP contribution in [0.2, 0.25) is 0 Å². The van der Waals surface area contributed by atoms with Crippen molar-refractivity contribution in [3.8, 4) is 0 Å². The van der Waals surface area contributed by atoms with Crippen LogP contribution in [0.4, 0.5) is 4.79 Å². The average molecular weight is 393 g/mol. The average Bonchev–Trinajstić information content (AvgIpc) is 2.54. The number of rotatable bonds is 7. The van der Waals surface area contributed by atoms with Crippen molar-refractivity contribution in [3.63, 3.8) is 0 Å².